The summed E-state index contributed by atoms with van der Waals surface area (Å²) < 4.78 is 15.0. The van der Waals surface area contributed by atoms with E-state index in [1.807, 2.05) is 0 Å². The molecule has 0 unspecified atom stereocenters. The highest BCUT2D eigenvalue weighted by Gasteiger charge is 2.50. The molecule has 7 N–H and O–H groups in total. The summed E-state index contributed by atoms with van der Waals surface area (Å²) in [5, 5.41) is 66.8. The van der Waals surface area contributed by atoms with Crippen LogP contribution in [0.1, 0.15) is 0 Å². The third-order valence-electron chi connectivity index (χ3n) is 3.86. The number of hydrogen-bond donors (Lipinski definition) is 7. The van der Waals surface area contributed by atoms with Crippen LogP contribution in [0.5, 0.6) is 0 Å². The summed E-state index contributed by atoms with van der Waals surface area (Å²) in [6, 6.07) is 0. The van der Waals surface area contributed by atoms with Crippen LogP contribution in [0.15, 0.2) is 0 Å². The van der Waals surface area contributed by atoms with Gasteiger partial charge in [-0.2, -0.15) is 0 Å². The molecule has 0 amide bonds. The van der Waals surface area contributed by atoms with E-state index in [1.165, 1.54) is 0 Å². The Labute approximate surface area is 130 Å². The van der Waals surface area contributed by atoms with Gasteiger partial charge in [0.2, 0.25) is 0 Å². The molecule has 134 valence electrons. The molecule has 11 nitrogen and oxygen atoms in total. The Morgan fingerprint density at radius 2 is 1.48 bits per heavy atom. The lowest BCUT2D eigenvalue weighted by Crippen LogP contribution is -2.63. The number of cyclic esters (lactones) is 1. The Morgan fingerprint density at radius 3 is 2.04 bits per heavy atom. The SMILES string of the molecule is O=C1O[C@H](CO)[C@@H](O[C@@H]2O[C@H](CO)[C@H](O)[C@H](O)[C@H]2O)[C@H](O)[C@H]1O. The van der Waals surface area contributed by atoms with Gasteiger partial charge in [-0.15, -0.1) is 0 Å². The quantitative estimate of drug-likeness (QED) is 0.242. The first-order valence-corrected chi connectivity index (χ1v) is 6.95. The van der Waals surface area contributed by atoms with Crippen molar-refractivity contribution in [3.63, 3.8) is 0 Å². The van der Waals surface area contributed by atoms with Gasteiger partial charge in [0, 0.05) is 0 Å². The molecule has 2 aliphatic heterocycles. The maximum Gasteiger partial charge on any atom is 0.338 e. The van der Waals surface area contributed by atoms with E-state index >= 15 is 0 Å². The van der Waals surface area contributed by atoms with Crippen LogP contribution in [0.25, 0.3) is 0 Å². The van der Waals surface area contributed by atoms with Gasteiger partial charge in [-0.05, 0) is 0 Å². The zero-order chi connectivity index (χ0) is 17.3. The number of aliphatic hydroxyl groups excluding tert-OH is 7. The van der Waals surface area contributed by atoms with E-state index in [0.717, 1.165) is 0 Å². The average molecular weight is 340 g/mol. The Morgan fingerprint density at radius 1 is 0.870 bits per heavy atom. The van der Waals surface area contributed by atoms with Crippen LogP contribution in [0, 0.1) is 0 Å². The molecule has 0 radical (unpaired) electrons. The average Bonchev–Trinajstić information content (AvgIpc) is 2.55. The number of carbonyl (C=O) groups excluding carboxylic acids is 1. The monoisotopic (exact) mass is 340 g/mol. The summed E-state index contributed by atoms with van der Waals surface area (Å²) in [6.07, 6.45) is -14.4. The topological polar surface area (TPSA) is 186 Å². The highest BCUT2D eigenvalue weighted by molar-refractivity contribution is 5.76. The molecule has 0 aliphatic carbocycles. The Bertz CT molecular complexity index is 414. The number of hydrogen-bond acceptors (Lipinski definition) is 11. The lowest BCUT2D eigenvalue weighted by Gasteiger charge is -2.43. The van der Waals surface area contributed by atoms with Gasteiger partial charge in [0.25, 0.3) is 0 Å². The van der Waals surface area contributed by atoms with Crippen LogP contribution in [0.4, 0.5) is 0 Å². The molecule has 2 aliphatic rings. The van der Waals surface area contributed by atoms with Crippen molar-refractivity contribution >= 4 is 5.97 Å². The van der Waals surface area contributed by atoms with Gasteiger partial charge in [-0.25, -0.2) is 4.79 Å². The normalized spacial score (nSPS) is 48.1. The van der Waals surface area contributed by atoms with Gasteiger partial charge < -0.3 is 50.0 Å². The third kappa shape index (κ3) is 3.47. The predicted molar refractivity (Wildman–Crippen MR) is 67.6 cm³/mol. The Kier molecular flexibility index (Phi) is 5.89. The van der Waals surface area contributed by atoms with Crippen LogP contribution in [-0.2, 0) is 19.0 Å². The summed E-state index contributed by atoms with van der Waals surface area (Å²) in [6.45, 7) is -1.42. The molecule has 23 heavy (non-hydrogen) atoms. The Hall–Kier alpha value is -0.890. The first-order valence-electron chi connectivity index (χ1n) is 6.95. The van der Waals surface area contributed by atoms with Crippen molar-refractivity contribution in [1.82, 2.24) is 0 Å². The van der Waals surface area contributed by atoms with Crippen molar-refractivity contribution in [2.75, 3.05) is 13.2 Å². The summed E-state index contributed by atoms with van der Waals surface area (Å²) in [5.41, 5.74) is 0. The predicted octanol–water partition coefficient (Wildman–Crippen LogP) is -5.19. The van der Waals surface area contributed by atoms with Crippen LogP contribution in [0.3, 0.4) is 0 Å². The molecule has 2 heterocycles. The van der Waals surface area contributed by atoms with Crippen molar-refractivity contribution in [2.24, 2.45) is 0 Å². The molecule has 0 spiro atoms. The highest BCUT2D eigenvalue weighted by atomic mass is 16.7. The van der Waals surface area contributed by atoms with Crippen LogP contribution < -0.4 is 0 Å². The summed E-state index contributed by atoms with van der Waals surface area (Å²) >= 11 is 0. The van der Waals surface area contributed by atoms with Gasteiger partial charge >= 0.3 is 5.97 Å². The van der Waals surface area contributed by atoms with Gasteiger partial charge in [-0.3, -0.25) is 0 Å². The van der Waals surface area contributed by atoms with E-state index in [9.17, 15) is 35.4 Å². The van der Waals surface area contributed by atoms with Gasteiger partial charge in [0.05, 0.1) is 13.2 Å². The lowest BCUT2D eigenvalue weighted by molar-refractivity contribution is -0.331. The van der Waals surface area contributed by atoms with Crippen molar-refractivity contribution in [2.45, 2.75) is 55.1 Å². The maximum absolute atomic E-state index is 11.3. The molecule has 0 saturated carbocycles. The van der Waals surface area contributed by atoms with Crippen molar-refractivity contribution < 1.29 is 54.8 Å². The fourth-order valence-electron chi connectivity index (χ4n) is 2.47. The first kappa shape index (κ1) is 18.4. The molecule has 11 heteroatoms. The zero-order valence-electron chi connectivity index (χ0n) is 11.9. The van der Waals surface area contributed by atoms with Gasteiger partial charge in [-0.1, -0.05) is 0 Å². The fourth-order valence-corrected chi connectivity index (χ4v) is 2.47. The molecule has 9 atom stereocenters. The van der Waals surface area contributed by atoms with Crippen molar-refractivity contribution in [3.8, 4) is 0 Å². The molecular formula is C12H20O11. The maximum atomic E-state index is 11.3. The van der Waals surface area contributed by atoms with E-state index in [4.69, 9.17) is 14.6 Å². The van der Waals surface area contributed by atoms with Crippen LogP contribution >= 0.6 is 0 Å². The summed E-state index contributed by atoms with van der Waals surface area (Å²) in [5.74, 6) is -1.15. The largest absolute Gasteiger partial charge is 0.455 e. The van der Waals surface area contributed by atoms with E-state index in [2.05, 4.69) is 4.74 Å². The molecule has 0 aromatic heterocycles. The van der Waals surface area contributed by atoms with E-state index in [-0.39, 0.29) is 0 Å². The van der Waals surface area contributed by atoms with Gasteiger partial charge in [0.15, 0.2) is 18.5 Å². The van der Waals surface area contributed by atoms with Crippen LogP contribution in [0.2, 0.25) is 0 Å². The minimum absolute atomic E-state index is 0.681. The number of aliphatic hydroxyl groups is 7. The molecule has 2 fully saturated rings. The number of carbonyl (C=O) groups is 1. The lowest BCUT2D eigenvalue weighted by atomic mass is 9.97. The third-order valence-corrected chi connectivity index (χ3v) is 3.86. The summed E-state index contributed by atoms with van der Waals surface area (Å²) in [7, 11) is 0. The van der Waals surface area contributed by atoms with Crippen LogP contribution in [-0.4, -0.2) is 110 Å². The standard InChI is InChI=1S/C12H20O11/c13-1-3-5(15)6(16)9(19)12(22-3)23-10-4(2-14)21-11(20)8(18)7(10)17/h3-10,12-19H,1-2H2/t3-,4-,5+,6+,7-,8-,9-,10-,12+/m1/s1. The molecule has 0 aromatic rings. The molecule has 2 saturated heterocycles. The van der Waals surface area contributed by atoms with Crippen molar-refractivity contribution in [3.05, 3.63) is 0 Å². The molecule has 2 rings (SSSR count). The van der Waals surface area contributed by atoms with E-state index in [1.54, 1.807) is 0 Å². The Balaban J connectivity index is 2.13. The second kappa shape index (κ2) is 7.34. The number of ether oxygens (including phenoxy) is 3. The smallest absolute Gasteiger partial charge is 0.338 e. The number of esters is 1. The van der Waals surface area contributed by atoms with Crippen molar-refractivity contribution in [1.29, 1.82) is 0 Å². The summed E-state index contributed by atoms with van der Waals surface area (Å²) in [4.78, 5) is 11.3. The second-order valence-electron chi connectivity index (χ2n) is 5.39. The molecule has 0 aromatic carbocycles. The minimum Gasteiger partial charge on any atom is -0.455 e. The van der Waals surface area contributed by atoms with Gasteiger partial charge in [0.1, 0.15) is 36.6 Å². The molecular weight excluding hydrogens is 320 g/mol. The highest BCUT2D eigenvalue weighted by Crippen LogP contribution is 2.27. The molecule has 0 bridgehead atoms. The zero-order valence-corrected chi connectivity index (χ0v) is 11.9. The fraction of sp³-hybridized carbons (Fsp3) is 0.917. The second-order valence-corrected chi connectivity index (χ2v) is 5.39. The minimum atomic E-state index is -1.92. The van der Waals surface area contributed by atoms with E-state index in [0.29, 0.717) is 0 Å². The first-order chi connectivity index (χ1) is 10.8. The van der Waals surface area contributed by atoms with E-state index < -0.39 is 74.3 Å². The number of rotatable bonds is 4.